The van der Waals surface area contributed by atoms with Crippen molar-refractivity contribution in [3.8, 4) is 0 Å². The Kier molecular flexibility index (Phi) is 25.4. The second-order valence-corrected chi connectivity index (χ2v) is 8.60. The van der Waals surface area contributed by atoms with Crippen molar-refractivity contribution in [2.75, 3.05) is 19.7 Å². The molecule has 1 amide bonds. The molecule has 42 heavy (non-hydrogen) atoms. The van der Waals surface area contributed by atoms with Gasteiger partial charge in [0.15, 0.2) is 0 Å². The van der Waals surface area contributed by atoms with Crippen molar-refractivity contribution >= 4 is 30.0 Å². The molecule has 0 aromatic heterocycles. The second kappa shape index (κ2) is 28.3. The van der Waals surface area contributed by atoms with E-state index in [2.05, 4.69) is 82.0 Å². The molecular weight excluding hydrogens is 544 g/mol. The lowest BCUT2D eigenvalue weighted by Crippen LogP contribution is -2.30. The van der Waals surface area contributed by atoms with Crippen LogP contribution in [0.5, 0.6) is 0 Å². The number of hydrogen-bond donors (Lipinski definition) is 3. The molecule has 11 heteroatoms. The van der Waals surface area contributed by atoms with Gasteiger partial charge in [-0.15, -0.1) is 0 Å². The number of nitrogens with one attached hydrogen (secondary N) is 2. The summed E-state index contributed by atoms with van der Waals surface area (Å²) >= 11 is 0. The zero-order chi connectivity index (χ0) is 31.1. The maximum Gasteiger partial charge on any atom is 0.415 e. The number of carboxylic acids is 1. The van der Waals surface area contributed by atoms with Crippen LogP contribution in [-0.2, 0) is 33.5 Å². The summed E-state index contributed by atoms with van der Waals surface area (Å²) in [6, 6.07) is 0. The van der Waals surface area contributed by atoms with Gasteiger partial charge in [0.1, 0.15) is 6.61 Å². The molecule has 0 rings (SSSR count). The van der Waals surface area contributed by atoms with E-state index in [9.17, 15) is 24.0 Å². The van der Waals surface area contributed by atoms with Gasteiger partial charge in [-0.05, 0) is 51.4 Å². The first-order valence-electron chi connectivity index (χ1n) is 14.1. The Morgan fingerprint density at radius 3 is 1.86 bits per heavy atom. The van der Waals surface area contributed by atoms with Gasteiger partial charge in [-0.1, -0.05) is 67.7 Å². The van der Waals surface area contributed by atoms with E-state index in [0.29, 0.717) is 12.5 Å². The molecule has 3 N–H and O–H groups in total. The van der Waals surface area contributed by atoms with Gasteiger partial charge in [-0.25, -0.2) is 14.4 Å². The second-order valence-electron chi connectivity index (χ2n) is 8.60. The minimum Gasteiger partial charge on any atom is -0.481 e. The average Bonchev–Trinajstić information content (AvgIpc) is 2.95. The van der Waals surface area contributed by atoms with Gasteiger partial charge < -0.3 is 24.7 Å². The number of ether oxygens (including phenoxy) is 2. The van der Waals surface area contributed by atoms with Crippen LogP contribution in [0.15, 0.2) is 72.9 Å². The van der Waals surface area contributed by atoms with Crippen molar-refractivity contribution < 1.29 is 43.4 Å². The summed E-state index contributed by atoms with van der Waals surface area (Å²) in [6.07, 6.45) is 28.1. The van der Waals surface area contributed by atoms with Gasteiger partial charge in [0.2, 0.25) is 0 Å². The first kappa shape index (κ1) is 37.8. The molecule has 0 atom stereocenters. The number of carbonyl (C=O) groups is 5. The maximum absolute atomic E-state index is 11.8. The van der Waals surface area contributed by atoms with Crippen LogP contribution >= 0.6 is 0 Å². The molecule has 0 aromatic carbocycles. The van der Waals surface area contributed by atoms with Crippen molar-refractivity contribution in [3.63, 3.8) is 0 Å². The van der Waals surface area contributed by atoms with Crippen LogP contribution in [0.1, 0.15) is 71.1 Å². The SMILES string of the molecule is CC/C=C\C/C=C\C/C=C\C/C=C\C/C=C\CCCC(=O)OCCNC(=O)OC(=O)/C=C/C(=O)ONCCCC(=O)O. The molecule has 0 radical (unpaired) electrons. The number of carboxylic acid groups (broad SMARTS) is 1. The van der Waals surface area contributed by atoms with Crippen LogP contribution in [0.25, 0.3) is 0 Å². The number of unbranched alkanes of at least 4 members (excludes halogenated alkanes) is 1. The van der Waals surface area contributed by atoms with Gasteiger partial charge in [-0.2, -0.15) is 5.48 Å². The van der Waals surface area contributed by atoms with Gasteiger partial charge >= 0.3 is 30.0 Å². The lowest BCUT2D eigenvalue weighted by molar-refractivity contribution is -0.145. The van der Waals surface area contributed by atoms with Gasteiger partial charge in [0, 0.05) is 31.5 Å². The predicted octanol–water partition coefficient (Wildman–Crippen LogP) is 5.17. The molecule has 0 aliphatic heterocycles. The normalized spacial score (nSPS) is 11.8. The van der Waals surface area contributed by atoms with E-state index in [1.807, 2.05) is 6.08 Å². The first-order chi connectivity index (χ1) is 20.3. The number of carbonyl (C=O) groups excluding carboxylic acids is 4. The number of allylic oxidation sites excluding steroid dienone is 10. The van der Waals surface area contributed by atoms with E-state index in [0.717, 1.165) is 44.6 Å². The number of hydrogen-bond acceptors (Lipinski definition) is 9. The summed E-state index contributed by atoms with van der Waals surface area (Å²) in [5.74, 6) is -3.42. The fourth-order valence-corrected chi connectivity index (χ4v) is 2.89. The van der Waals surface area contributed by atoms with Crippen molar-refractivity contribution in [2.24, 2.45) is 0 Å². The average molecular weight is 589 g/mol. The third kappa shape index (κ3) is 28.8. The highest BCUT2D eigenvalue weighted by molar-refractivity contribution is 5.96. The van der Waals surface area contributed by atoms with Crippen LogP contribution < -0.4 is 10.8 Å². The Hall–Kier alpha value is -4.25. The molecule has 0 fully saturated rings. The molecule has 0 unspecified atom stereocenters. The Morgan fingerprint density at radius 2 is 1.26 bits per heavy atom. The van der Waals surface area contributed by atoms with Crippen LogP contribution in [0, 0.1) is 0 Å². The molecule has 0 saturated heterocycles. The first-order valence-corrected chi connectivity index (χ1v) is 14.1. The Labute approximate surface area is 248 Å². The fraction of sp³-hybridized carbons (Fsp3) is 0.452. The summed E-state index contributed by atoms with van der Waals surface area (Å²) in [4.78, 5) is 61.1. The number of rotatable bonds is 23. The van der Waals surface area contributed by atoms with Gasteiger partial charge in [-0.3, -0.25) is 9.59 Å². The van der Waals surface area contributed by atoms with Crippen molar-refractivity contribution in [3.05, 3.63) is 72.9 Å². The highest BCUT2D eigenvalue weighted by Gasteiger charge is 2.09. The van der Waals surface area contributed by atoms with Crippen LogP contribution in [0.2, 0.25) is 0 Å². The molecule has 0 saturated carbocycles. The van der Waals surface area contributed by atoms with Crippen molar-refractivity contribution in [1.82, 2.24) is 10.8 Å². The van der Waals surface area contributed by atoms with E-state index in [-0.39, 0.29) is 39.0 Å². The van der Waals surface area contributed by atoms with Crippen LogP contribution in [0.3, 0.4) is 0 Å². The zero-order valence-corrected chi connectivity index (χ0v) is 24.3. The van der Waals surface area contributed by atoms with Crippen LogP contribution in [-0.4, -0.2) is 54.8 Å². The standard InChI is InChI=1S/C31H44N2O9/c1-2-3-4-5-6-7-8-9-10-11-12-13-14-15-16-17-18-21-28(36)40-26-25-32-31(39)41-29(37)22-23-30(38)42-33-24-19-20-27(34)35/h3-4,6-7,9-10,12-13,15-16,22-23,33H,2,5,8,11,14,17-21,24-26H2,1H3,(H,32,39)(H,34,35)/b4-3-,7-6-,10-9-,13-12-,16-15-,23-22+. The third-order valence-electron chi connectivity index (χ3n) is 4.93. The van der Waals surface area contributed by atoms with E-state index in [4.69, 9.17) is 9.84 Å². The maximum atomic E-state index is 11.8. The molecule has 0 aromatic rings. The summed E-state index contributed by atoms with van der Waals surface area (Å²) in [7, 11) is 0. The third-order valence-corrected chi connectivity index (χ3v) is 4.93. The number of alkyl carbamates (subject to hydrolysis) is 1. The Bertz CT molecular complexity index is 979. The smallest absolute Gasteiger partial charge is 0.415 e. The topological polar surface area (TPSA) is 157 Å². The number of hydroxylamine groups is 1. The lowest BCUT2D eigenvalue weighted by atomic mass is 10.2. The van der Waals surface area contributed by atoms with Crippen LogP contribution in [0.4, 0.5) is 4.79 Å². The summed E-state index contributed by atoms with van der Waals surface area (Å²) < 4.78 is 9.43. The Balaban J connectivity index is 3.75. The zero-order valence-electron chi connectivity index (χ0n) is 24.3. The molecule has 11 nitrogen and oxygen atoms in total. The molecule has 0 bridgehead atoms. The van der Waals surface area contributed by atoms with E-state index in [1.165, 1.54) is 0 Å². The molecular formula is C31H44N2O9. The minimum absolute atomic E-state index is 0.0569. The minimum atomic E-state index is -1.11. The predicted molar refractivity (Wildman–Crippen MR) is 159 cm³/mol. The molecule has 0 heterocycles. The largest absolute Gasteiger partial charge is 0.481 e. The molecule has 232 valence electrons. The van der Waals surface area contributed by atoms with Crippen molar-refractivity contribution in [2.45, 2.75) is 71.1 Å². The summed E-state index contributed by atoms with van der Waals surface area (Å²) in [5.41, 5.74) is 2.24. The van der Waals surface area contributed by atoms with E-state index < -0.39 is 30.0 Å². The molecule has 0 aliphatic rings. The van der Waals surface area contributed by atoms with Gasteiger partial charge in [0.05, 0.1) is 6.54 Å². The van der Waals surface area contributed by atoms with E-state index >= 15 is 0 Å². The summed E-state index contributed by atoms with van der Waals surface area (Å²) in [5, 5.41) is 10.7. The molecule has 0 aliphatic carbocycles. The van der Waals surface area contributed by atoms with E-state index in [1.54, 1.807) is 0 Å². The number of esters is 2. The summed E-state index contributed by atoms with van der Waals surface area (Å²) in [6.45, 7) is 2.10. The van der Waals surface area contributed by atoms with Crippen molar-refractivity contribution in [1.29, 1.82) is 0 Å². The van der Waals surface area contributed by atoms with Gasteiger partial charge in [0.25, 0.3) is 0 Å². The number of aliphatic carboxylic acids is 1. The lowest BCUT2D eigenvalue weighted by Gasteiger charge is -2.06. The quantitative estimate of drug-likeness (QED) is 0.0276. The highest BCUT2D eigenvalue weighted by Crippen LogP contribution is 2.01. The number of amides is 1. The Morgan fingerprint density at radius 1 is 0.690 bits per heavy atom. The molecule has 0 spiro atoms. The highest BCUT2D eigenvalue weighted by atomic mass is 16.7. The monoisotopic (exact) mass is 588 g/mol. The fourth-order valence-electron chi connectivity index (χ4n) is 2.89.